The van der Waals surface area contributed by atoms with Gasteiger partial charge in [-0.3, -0.25) is 9.35 Å². The first-order valence-electron chi connectivity index (χ1n) is 11.5. The van der Waals surface area contributed by atoms with Gasteiger partial charge in [0.15, 0.2) is 5.71 Å². The van der Waals surface area contributed by atoms with Crippen LogP contribution in [0.2, 0.25) is 0 Å². The minimum atomic E-state index is -4.06. The lowest BCUT2D eigenvalue weighted by Crippen LogP contribution is -2.42. The van der Waals surface area contributed by atoms with E-state index in [1.165, 1.54) is 11.8 Å². The summed E-state index contributed by atoms with van der Waals surface area (Å²) in [7, 11) is -4.06. The second-order valence-electron chi connectivity index (χ2n) is 9.28. The molecule has 0 aliphatic carbocycles. The molecule has 0 saturated heterocycles. The van der Waals surface area contributed by atoms with Crippen LogP contribution in [0.4, 0.5) is 11.4 Å². The predicted molar refractivity (Wildman–Crippen MR) is 138 cm³/mol. The third kappa shape index (κ3) is 6.19. The molecule has 9 nitrogen and oxygen atoms in total. The molecule has 1 aliphatic heterocycles. The van der Waals surface area contributed by atoms with Crippen molar-refractivity contribution in [3.05, 3.63) is 65.7 Å². The van der Waals surface area contributed by atoms with Gasteiger partial charge in [-0.2, -0.15) is 13.0 Å². The van der Waals surface area contributed by atoms with Crippen molar-refractivity contribution in [2.24, 2.45) is 0 Å². The molecule has 3 rings (SSSR count). The van der Waals surface area contributed by atoms with E-state index in [1.54, 1.807) is 24.3 Å². The highest BCUT2D eigenvalue weighted by Crippen LogP contribution is 2.40. The number of hydrogen-bond acceptors (Lipinski definition) is 5. The van der Waals surface area contributed by atoms with Gasteiger partial charge >= 0.3 is 11.9 Å². The molecule has 2 aromatic rings. The van der Waals surface area contributed by atoms with Crippen molar-refractivity contribution in [1.29, 1.82) is 0 Å². The van der Waals surface area contributed by atoms with Crippen LogP contribution >= 0.6 is 0 Å². The van der Waals surface area contributed by atoms with Gasteiger partial charge in [0.1, 0.15) is 19.1 Å². The molecule has 0 fully saturated rings. The second-order valence-corrected chi connectivity index (χ2v) is 10.9. The Kier molecular flexibility index (Phi) is 8.00. The summed E-state index contributed by atoms with van der Waals surface area (Å²) in [6, 6.07) is 13.9. The van der Waals surface area contributed by atoms with Gasteiger partial charge in [0.25, 0.3) is 10.1 Å². The van der Waals surface area contributed by atoms with Crippen LogP contribution in [-0.4, -0.2) is 70.3 Å². The Morgan fingerprint density at radius 3 is 2.28 bits per heavy atom. The van der Waals surface area contributed by atoms with Crippen molar-refractivity contribution in [1.82, 2.24) is 0 Å². The summed E-state index contributed by atoms with van der Waals surface area (Å²) in [5.74, 6) is -2.57. The lowest BCUT2D eigenvalue weighted by atomic mass is 9.81. The Balaban J connectivity index is 1.92. The zero-order chi connectivity index (χ0) is 26.7. The molecule has 3 N–H and O–H groups in total. The van der Waals surface area contributed by atoms with Gasteiger partial charge in [0.05, 0.1) is 11.2 Å². The number of carbonyl (C=O) groups is 2. The number of aliphatic carboxylic acids is 2. The molecule has 1 unspecified atom stereocenters. The fourth-order valence-electron chi connectivity index (χ4n) is 4.47. The molecule has 1 atom stereocenters. The smallest absolute Gasteiger partial charge is 0.326 e. The van der Waals surface area contributed by atoms with Gasteiger partial charge in [0, 0.05) is 29.8 Å². The SMILES string of the molecule is CC(C(=O)O)N(CC(=O)O)c1ccc(C=CC2=[N+](CCCS(=O)(=O)O)c3ccccc3C2(C)C)cc1. The summed E-state index contributed by atoms with van der Waals surface area (Å²) in [5.41, 5.74) is 4.03. The monoisotopic (exact) mass is 515 g/mol. The first-order chi connectivity index (χ1) is 16.8. The van der Waals surface area contributed by atoms with Crippen LogP contribution in [0.5, 0.6) is 0 Å². The summed E-state index contributed by atoms with van der Waals surface area (Å²) in [6.45, 7) is 5.59. The van der Waals surface area contributed by atoms with Crippen LogP contribution in [0, 0.1) is 0 Å². The van der Waals surface area contributed by atoms with Gasteiger partial charge in [-0.25, -0.2) is 4.79 Å². The summed E-state index contributed by atoms with van der Waals surface area (Å²) < 4.78 is 33.7. The Morgan fingerprint density at radius 1 is 1.06 bits per heavy atom. The standard InChI is InChI=1S/C26H30N2O7S/c1-18(25(31)32)28(17-24(29)30)20-12-9-19(10-13-20)11-14-23-26(2,3)21-7-4-5-8-22(21)27(23)15-6-16-36(33,34)35/h4-5,7-14,18H,6,15-17H2,1-3H3,(H2-,29,30,31,32,33,34,35)/p+1. The van der Waals surface area contributed by atoms with Crippen LogP contribution in [0.3, 0.4) is 0 Å². The number of carboxylic acid groups (broad SMARTS) is 2. The normalized spacial score (nSPS) is 15.7. The molecule has 0 radical (unpaired) electrons. The number of carboxylic acids is 2. The van der Waals surface area contributed by atoms with E-state index >= 15 is 0 Å². The molecule has 0 saturated carbocycles. The molecule has 192 valence electrons. The summed E-state index contributed by atoms with van der Waals surface area (Å²) in [4.78, 5) is 24.0. The van der Waals surface area contributed by atoms with Crippen molar-refractivity contribution < 1.29 is 37.3 Å². The fourth-order valence-corrected chi connectivity index (χ4v) is 4.96. The molecule has 1 heterocycles. The molecule has 36 heavy (non-hydrogen) atoms. The fraction of sp³-hybridized carbons (Fsp3) is 0.346. The van der Waals surface area contributed by atoms with Crippen molar-refractivity contribution in [3.63, 3.8) is 0 Å². The van der Waals surface area contributed by atoms with E-state index in [2.05, 4.69) is 18.4 Å². The first kappa shape index (κ1) is 27.1. The topological polar surface area (TPSA) is 135 Å². The van der Waals surface area contributed by atoms with Crippen LogP contribution < -0.4 is 4.90 Å². The highest BCUT2D eigenvalue weighted by atomic mass is 32.2. The summed E-state index contributed by atoms with van der Waals surface area (Å²) in [5, 5.41) is 18.5. The number of nitrogens with zero attached hydrogens (tertiary/aromatic N) is 2. The Labute approximate surface area is 210 Å². The quantitative estimate of drug-likeness (QED) is 0.306. The predicted octanol–water partition coefficient (Wildman–Crippen LogP) is 3.42. The Hall–Kier alpha value is -3.50. The molecular weight excluding hydrogens is 484 g/mol. The highest BCUT2D eigenvalue weighted by molar-refractivity contribution is 7.85. The van der Waals surface area contributed by atoms with E-state index in [4.69, 9.17) is 4.55 Å². The third-order valence-electron chi connectivity index (χ3n) is 6.37. The number of benzene rings is 2. The molecule has 0 amide bonds. The Bertz CT molecular complexity index is 1310. The zero-order valence-electron chi connectivity index (χ0n) is 20.5. The first-order valence-corrected chi connectivity index (χ1v) is 13.1. The lowest BCUT2D eigenvalue weighted by Gasteiger charge is -2.26. The van der Waals surface area contributed by atoms with Crippen LogP contribution in [-0.2, 0) is 25.1 Å². The number of rotatable bonds is 11. The van der Waals surface area contributed by atoms with Crippen molar-refractivity contribution in [2.45, 2.75) is 38.6 Å². The van der Waals surface area contributed by atoms with E-state index in [9.17, 15) is 28.2 Å². The Morgan fingerprint density at radius 2 is 1.69 bits per heavy atom. The molecule has 0 bridgehead atoms. The van der Waals surface area contributed by atoms with Crippen LogP contribution in [0.1, 0.15) is 38.3 Å². The van der Waals surface area contributed by atoms with Gasteiger partial charge in [-0.15, -0.1) is 0 Å². The molecule has 10 heteroatoms. The molecule has 2 aromatic carbocycles. The van der Waals surface area contributed by atoms with Gasteiger partial charge in [0.2, 0.25) is 5.69 Å². The summed E-state index contributed by atoms with van der Waals surface area (Å²) in [6.07, 6.45) is 4.14. The van der Waals surface area contributed by atoms with E-state index < -0.39 is 34.6 Å². The average molecular weight is 516 g/mol. The minimum absolute atomic E-state index is 0.260. The molecule has 1 aliphatic rings. The van der Waals surface area contributed by atoms with E-state index in [-0.39, 0.29) is 17.6 Å². The van der Waals surface area contributed by atoms with Gasteiger partial charge < -0.3 is 15.1 Å². The number of fused-ring (bicyclic) bond motifs is 1. The zero-order valence-corrected chi connectivity index (χ0v) is 21.3. The van der Waals surface area contributed by atoms with E-state index in [0.29, 0.717) is 12.2 Å². The minimum Gasteiger partial charge on any atom is -0.480 e. The highest BCUT2D eigenvalue weighted by Gasteiger charge is 2.43. The second kappa shape index (κ2) is 10.6. The lowest BCUT2D eigenvalue weighted by molar-refractivity contribution is -0.437. The van der Waals surface area contributed by atoms with Crippen molar-refractivity contribution in [2.75, 3.05) is 23.7 Å². The van der Waals surface area contributed by atoms with Gasteiger partial charge in [-0.1, -0.05) is 30.3 Å². The maximum Gasteiger partial charge on any atom is 0.326 e. The van der Waals surface area contributed by atoms with E-state index in [1.807, 2.05) is 36.4 Å². The molecule has 0 spiro atoms. The number of hydrogen-bond donors (Lipinski definition) is 3. The van der Waals surface area contributed by atoms with Crippen LogP contribution in [0.15, 0.2) is 54.6 Å². The third-order valence-corrected chi connectivity index (χ3v) is 7.18. The van der Waals surface area contributed by atoms with E-state index in [0.717, 1.165) is 22.5 Å². The largest absolute Gasteiger partial charge is 0.480 e. The maximum absolute atomic E-state index is 11.4. The number of allylic oxidation sites excluding steroid dienone is 1. The molecule has 0 aromatic heterocycles. The average Bonchev–Trinajstić information content (AvgIpc) is 3.01. The van der Waals surface area contributed by atoms with Crippen molar-refractivity contribution >= 4 is 45.2 Å². The maximum atomic E-state index is 11.4. The number of para-hydroxylation sites is 1. The molecular formula is C26H31N2O7S+. The summed E-state index contributed by atoms with van der Waals surface area (Å²) >= 11 is 0. The van der Waals surface area contributed by atoms with Crippen LogP contribution in [0.25, 0.3) is 6.08 Å². The number of anilines is 1. The van der Waals surface area contributed by atoms with Crippen molar-refractivity contribution in [3.8, 4) is 0 Å². The van der Waals surface area contributed by atoms with Gasteiger partial charge in [-0.05, 0) is 44.5 Å².